The molecule has 3 nitrogen and oxygen atoms in total. The molecule has 19 heavy (non-hydrogen) atoms. The summed E-state index contributed by atoms with van der Waals surface area (Å²) in [7, 11) is 0. The van der Waals surface area contributed by atoms with Crippen LogP contribution in [0.3, 0.4) is 0 Å². The fourth-order valence-electron chi connectivity index (χ4n) is 4.04. The zero-order valence-corrected chi connectivity index (χ0v) is 13.0. The quantitative estimate of drug-likeness (QED) is 0.829. The topological polar surface area (TPSA) is 32.5 Å². The van der Waals surface area contributed by atoms with Crippen molar-refractivity contribution >= 4 is 0 Å². The van der Waals surface area contributed by atoms with Crippen LogP contribution in [0.2, 0.25) is 0 Å². The highest BCUT2D eigenvalue weighted by Crippen LogP contribution is 2.28. The van der Waals surface area contributed by atoms with Gasteiger partial charge in [0.1, 0.15) is 0 Å². The van der Waals surface area contributed by atoms with Gasteiger partial charge in [-0.3, -0.25) is 9.80 Å². The van der Waals surface area contributed by atoms with E-state index in [1.54, 1.807) is 0 Å². The van der Waals surface area contributed by atoms with E-state index in [1.165, 1.54) is 58.3 Å². The van der Waals surface area contributed by atoms with Crippen molar-refractivity contribution in [1.82, 2.24) is 9.80 Å². The van der Waals surface area contributed by atoms with E-state index in [-0.39, 0.29) is 0 Å². The van der Waals surface area contributed by atoms with Crippen molar-refractivity contribution in [2.75, 3.05) is 32.7 Å². The first-order chi connectivity index (χ1) is 9.24. The zero-order valence-electron chi connectivity index (χ0n) is 13.0. The van der Waals surface area contributed by atoms with Gasteiger partial charge in [-0.1, -0.05) is 26.7 Å². The molecule has 3 heteroatoms. The molecule has 0 aromatic carbocycles. The molecular formula is C16H33N3. The number of nitrogens with zero attached hydrogens (tertiary/aromatic N) is 2. The average Bonchev–Trinajstić information content (AvgIpc) is 2.45. The van der Waals surface area contributed by atoms with Crippen LogP contribution < -0.4 is 5.73 Å². The van der Waals surface area contributed by atoms with Gasteiger partial charge in [-0.15, -0.1) is 0 Å². The molecule has 0 spiro atoms. The van der Waals surface area contributed by atoms with Gasteiger partial charge in [-0.05, 0) is 38.1 Å². The fraction of sp³-hybridized carbons (Fsp3) is 1.00. The summed E-state index contributed by atoms with van der Waals surface area (Å²) >= 11 is 0. The first-order valence-corrected chi connectivity index (χ1v) is 8.42. The van der Waals surface area contributed by atoms with Crippen molar-refractivity contribution in [2.45, 2.75) is 64.5 Å². The predicted octanol–water partition coefficient (Wildman–Crippen LogP) is 2.31. The first kappa shape index (κ1) is 15.3. The molecule has 2 fully saturated rings. The minimum absolute atomic E-state index is 0.720. The molecule has 3 atom stereocenters. The van der Waals surface area contributed by atoms with E-state index in [2.05, 4.69) is 23.6 Å². The molecule has 0 aromatic heterocycles. The monoisotopic (exact) mass is 267 g/mol. The zero-order chi connectivity index (χ0) is 13.7. The molecule has 0 aromatic rings. The molecule has 2 N–H and O–H groups in total. The molecule has 1 heterocycles. The van der Waals surface area contributed by atoms with E-state index < -0.39 is 0 Å². The maximum Gasteiger partial charge on any atom is 0.0113 e. The van der Waals surface area contributed by atoms with Crippen molar-refractivity contribution in [3.8, 4) is 0 Å². The molecule has 3 unspecified atom stereocenters. The Hall–Kier alpha value is -0.120. The molecule has 2 rings (SSSR count). The maximum atomic E-state index is 5.73. The summed E-state index contributed by atoms with van der Waals surface area (Å²) in [4.78, 5) is 5.44. The number of piperazine rings is 1. The lowest BCUT2D eigenvalue weighted by atomic mass is 9.86. The molecule has 0 amide bonds. The van der Waals surface area contributed by atoms with Crippen LogP contribution in [-0.4, -0.2) is 54.6 Å². The maximum absolute atomic E-state index is 5.73. The van der Waals surface area contributed by atoms with Gasteiger partial charge < -0.3 is 5.73 Å². The van der Waals surface area contributed by atoms with Crippen LogP contribution in [0.25, 0.3) is 0 Å². The normalized spacial score (nSPS) is 32.4. The summed E-state index contributed by atoms with van der Waals surface area (Å²) < 4.78 is 0. The van der Waals surface area contributed by atoms with Crippen molar-refractivity contribution in [2.24, 2.45) is 11.7 Å². The summed E-state index contributed by atoms with van der Waals surface area (Å²) in [5, 5.41) is 0. The summed E-state index contributed by atoms with van der Waals surface area (Å²) in [6.45, 7) is 10.6. The van der Waals surface area contributed by atoms with Gasteiger partial charge in [-0.2, -0.15) is 0 Å². The number of nitrogens with two attached hydrogens (primary N) is 1. The van der Waals surface area contributed by atoms with Crippen LogP contribution in [0.1, 0.15) is 52.4 Å². The standard InChI is InChI=1S/C16H33N3/c1-3-15(7-8-17)18-9-11-19(12-10-18)16-6-4-5-14(2)13-16/h14-16H,3-13,17H2,1-2H3. The second kappa shape index (κ2) is 7.61. The Bertz CT molecular complexity index is 248. The lowest BCUT2D eigenvalue weighted by Gasteiger charge is -2.44. The summed E-state index contributed by atoms with van der Waals surface area (Å²) in [5.74, 6) is 0.942. The van der Waals surface area contributed by atoms with Gasteiger partial charge in [-0.25, -0.2) is 0 Å². The van der Waals surface area contributed by atoms with Gasteiger partial charge in [0, 0.05) is 38.3 Å². The number of hydrogen-bond donors (Lipinski definition) is 1. The van der Waals surface area contributed by atoms with E-state index >= 15 is 0 Å². The molecule has 2 aliphatic rings. The van der Waals surface area contributed by atoms with Crippen LogP contribution in [0.5, 0.6) is 0 Å². The molecule has 1 saturated carbocycles. The third kappa shape index (κ3) is 4.17. The third-order valence-corrected chi connectivity index (χ3v) is 5.26. The van der Waals surface area contributed by atoms with Gasteiger partial charge in [0.15, 0.2) is 0 Å². The second-order valence-electron chi connectivity index (χ2n) is 6.64. The third-order valence-electron chi connectivity index (χ3n) is 5.26. The summed E-state index contributed by atoms with van der Waals surface area (Å²) in [5.41, 5.74) is 5.73. The van der Waals surface area contributed by atoms with Crippen LogP contribution in [0, 0.1) is 5.92 Å². The lowest BCUT2D eigenvalue weighted by Crippen LogP contribution is -2.54. The molecule has 112 valence electrons. The van der Waals surface area contributed by atoms with Gasteiger partial charge >= 0.3 is 0 Å². The Morgan fingerprint density at radius 3 is 2.47 bits per heavy atom. The molecule has 0 bridgehead atoms. The fourth-order valence-corrected chi connectivity index (χ4v) is 4.04. The minimum atomic E-state index is 0.720. The predicted molar refractivity (Wildman–Crippen MR) is 82.3 cm³/mol. The van der Waals surface area contributed by atoms with Gasteiger partial charge in [0.25, 0.3) is 0 Å². The van der Waals surface area contributed by atoms with Crippen molar-refractivity contribution in [3.05, 3.63) is 0 Å². The lowest BCUT2D eigenvalue weighted by molar-refractivity contribution is 0.0466. The molecular weight excluding hydrogens is 234 g/mol. The van der Waals surface area contributed by atoms with Crippen LogP contribution in [-0.2, 0) is 0 Å². The van der Waals surface area contributed by atoms with E-state index in [0.717, 1.165) is 31.0 Å². The molecule has 1 aliphatic heterocycles. The summed E-state index contributed by atoms with van der Waals surface area (Å²) in [6, 6.07) is 1.60. The Morgan fingerprint density at radius 1 is 1.16 bits per heavy atom. The molecule has 1 aliphatic carbocycles. The van der Waals surface area contributed by atoms with Gasteiger partial charge in [0.05, 0.1) is 0 Å². The van der Waals surface area contributed by atoms with Crippen molar-refractivity contribution in [1.29, 1.82) is 0 Å². The Balaban J connectivity index is 1.78. The minimum Gasteiger partial charge on any atom is -0.330 e. The highest BCUT2D eigenvalue weighted by atomic mass is 15.3. The van der Waals surface area contributed by atoms with E-state index in [9.17, 15) is 0 Å². The highest BCUT2D eigenvalue weighted by Gasteiger charge is 2.29. The Kier molecular flexibility index (Phi) is 6.11. The highest BCUT2D eigenvalue weighted by molar-refractivity contribution is 4.84. The molecule has 1 saturated heterocycles. The Morgan fingerprint density at radius 2 is 1.89 bits per heavy atom. The number of rotatable bonds is 5. The molecule has 0 radical (unpaired) electrons. The van der Waals surface area contributed by atoms with E-state index in [1.807, 2.05) is 0 Å². The SMILES string of the molecule is CCC(CCN)N1CCN(C2CCCC(C)C2)CC1. The van der Waals surface area contributed by atoms with E-state index in [0.29, 0.717) is 0 Å². The largest absolute Gasteiger partial charge is 0.330 e. The van der Waals surface area contributed by atoms with Crippen molar-refractivity contribution in [3.63, 3.8) is 0 Å². The van der Waals surface area contributed by atoms with Crippen LogP contribution in [0.4, 0.5) is 0 Å². The van der Waals surface area contributed by atoms with Crippen LogP contribution >= 0.6 is 0 Å². The first-order valence-electron chi connectivity index (χ1n) is 8.42. The smallest absolute Gasteiger partial charge is 0.0113 e. The van der Waals surface area contributed by atoms with Gasteiger partial charge in [0.2, 0.25) is 0 Å². The summed E-state index contributed by atoms with van der Waals surface area (Å²) in [6.07, 6.45) is 8.17. The average molecular weight is 267 g/mol. The number of hydrogen-bond acceptors (Lipinski definition) is 3. The Labute approximate surface area is 119 Å². The van der Waals surface area contributed by atoms with Crippen molar-refractivity contribution < 1.29 is 0 Å². The second-order valence-corrected chi connectivity index (χ2v) is 6.64. The van der Waals surface area contributed by atoms with Crippen LogP contribution in [0.15, 0.2) is 0 Å². The van der Waals surface area contributed by atoms with E-state index in [4.69, 9.17) is 5.73 Å².